The molecule has 10 heteroatoms. The normalized spacial score (nSPS) is 12.9. The Bertz CT molecular complexity index is 1130. The van der Waals surface area contributed by atoms with Crippen molar-refractivity contribution in [1.29, 1.82) is 0 Å². The Morgan fingerprint density at radius 1 is 1.19 bits per heavy atom. The topological polar surface area (TPSA) is 95.1 Å². The van der Waals surface area contributed by atoms with Crippen molar-refractivity contribution in [2.75, 3.05) is 12.8 Å². The molecule has 1 amide bonds. The number of nitrogens with zero attached hydrogens (tertiary/aromatic N) is 1. The summed E-state index contributed by atoms with van der Waals surface area (Å²) in [6.07, 6.45) is -0.309. The van der Waals surface area contributed by atoms with E-state index in [4.69, 9.17) is 9.90 Å². The molecule has 3 heterocycles. The molecule has 0 radical (unpaired) electrons. The van der Waals surface area contributed by atoms with Crippen LogP contribution in [0.4, 0.5) is 13.2 Å². The fourth-order valence-corrected chi connectivity index (χ4v) is 3.70. The maximum absolute atomic E-state index is 12.0. The van der Waals surface area contributed by atoms with Crippen LogP contribution in [0, 0.1) is 0 Å². The van der Waals surface area contributed by atoms with E-state index in [1.54, 1.807) is 0 Å². The van der Waals surface area contributed by atoms with Crippen LogP contribution in [0.25, 0.3) is 22.5 Å². The van der Waals surface area contributed by atoms with Crippen molar-refractivity contribution in [2.24, 2.45) is 0 Å². The van der Waals surface area contributed by atoms with Crippen molar-refractivity contribution in [1.82, 2.24) is 15.3 Å². The zero-order valence-electron chi connectivity index (χ0n) is 17.0. The number of alkyl halides is 3. The molecule has 1 aromatic carbocycles. The number of amides is 1. The summed E-state index contributed by atoms with van der Waals surface area (Å²) in [4.78, 5) is 28.8. The molecule has 32 heavy (non-hydrogen) atoms. The van der Waals surface area contributed by atoms with Gasteiger partial charge in [-0.2, -0.15) is 24.9 Å². The standard InChI is InChI=1S/C20H19N3OS.C2HF3O2/c1-25-12-13-3-2-4-14(9-13)18-10-15(5-7-21-18)19-11-16-17(23-19)6-8-22-20(16)24;3-2(4,5)1(6)7/h2-5,7,9-11,23H,6,8,12H2,1H3,(H,22,24);(H,6,7). The summed E-state index contributed by atoms with van der Waals surface area (Å²) >= 11 is 1.81. The Hall–Kier alpha value is -3.27. The fourth-order valence-electron chi connectivity index (χ4n) is 3.19. The lowest BCUT2D eigenvalue weighted by atomic mass is 10.0. The number of fused-ring (bicyclic) bond motifs is 1. The Labute approximate surface area is 186 Å². The average molecular weight is 463 g/mol. The number of pyridine rings is 1. The molecule has 0 unspecified atom stereocenters. The van der Waals surface area contributed by atoms with Gasteiger partial charge in [0.05, 0.1) is 11.3 Å². The van der Waals surface area contributed by atoms with Crippen molar-refractivity contribution in [3.63, 3.8) is 0 Å². The summed E-state index contributed by atoms with van der Waals surface area (Å²) in [7, 11) is 0. The smallest absolute Gasteiger partial charge is 0.475 e. The molecule has 0 fully saturated rings. The van der Waals surface area contributed by atoms with E-state index in [1.165, 1.54) is 5.56 Å². The number of rotatable bonds is 4. The Kier molecular flexibility index (Phi) is 7.24. The highest BCUT2D eigenvalue weighted by Crippen LogP contribution is 2.27. The number of carbonyl (C=O) groups is 2. The first-order chi connectivity index (χ1) is 15.2. The van der Waals surface area contributed by atoms with E-state index >= 15 is 0 Å². The van der Waals surface area contributed by atoms with Gasteiger partial charge >= 0.3 is 12.1 Å². The van der Waals surface area contributed by atoms with Gasteiger partial charge in [0, 0.05) is 47.4 Å². The lowest BCUT2D eigenvalue weighted by Crippen LogP contribution is -2.31. The van der Waals surface area contributed by atoms with Crippen LogP contribution < -0.4 is 5.32 Å². The number of H-pyrrole nitrogens is 1. The molecule has 0 saturated heterocycles. The van der Waals surface area contributed by atoms with Gasteiger partial charge in [0.2, 0.25) is 0 Å². The highest BCUT2D eigenvalue weighted by molar-refractivity contribution is 7.97. The minimum Gasteiger partial charge on any atom is -0.475 e. The van der Waals surface area contributed by atoms with Gasteiger partial charge in [-0.15, -0.1) is 0 Å². The number of hydrogen-bond acceptors (Lipinski definition) is 4. The number of carboxylic acids is 1. The molecule has 2 aromatic heterocycles. The molecule has 0 atom stereocenters. The molecule has 0 aliphatic carbocycles. The van der Waals surface area contributed by atoms with Crippen LogP contribution in [-0.2, 0) is 17.0 Å². The summed E-state index contributed by atoms with van der Waals surface area (Å²) < 4.78 is 31.7. The van der Waals surface area contributed by atoms with Gasteiger partial charge in [0.25, 0.3) is 5.91 Å². The van der Waals surface area contributed by atoms with Crippen LogP contribution in [0.5, 0.6) is 0 Å². The lowest BCUT2D eigenvalue weighted by molar-refractivity contribution is -0.192. The maximum Gasteiger partial charge on any atom is 0.490 e. The van der Waals surface area contributed by atoms with E-state index in [9.17, 15) is 18.0 Å². The van der Waals surface area contributed by atoms with E-state index in [2.05, 4.69) is 51.9 Å². The molecule has 3 N–H and O–H groups in total. The number of thioether (sulfide) groups is 1. The third kappa shape index (κ3) is 5.70. The highest BCUT2D eigenvalue weighted by atomic mass is 32.2. The number of aromatic nitrogens is 2. The van der Waals surface area contributed by atoms with E-state index in [-0.39, 0.29) is 5.91 Å². The largest absolute Gasteiger partial charge is 0.490 e. The minimum absolute atomic E-state index is 0.00259. The number of halogens is 3. The van der Waals surface area contributed by atoms with Gasteiger partial charge in [-0.05, 0) is 36.1 Å². The minimum atomic E-state index is -5.08. The van der Waals surface area contributed by atoms with Crippen molar-refractivity contribution >= 4 is 23.6 Å². The van der Waals surface area contributed by atoms with E-state index < -0.39 is 12.1 Å². The first kappa shape index (κ1) is 23.4. The quantitative estimate of drug-likeness (QED) is 0.529. The number of benzene rings is 1. The average Bonchev–Trinajstić information content (AvgIpc) is 3.20. The van der Waals surface area contributed by atoms with Gasteiger partial charge in [0.1, 0.15) is 0 Å². The van der Waals surface area contributed by atoms with Crippen LogP contribution in [0.3, 0.4) is 0 Å². The Morgan fingerprint density at radius 2 is 1.94 bits per heavy atom. The summed E-state index contributed by atoms with van der Waals surface area (Å²) in [5, 5.41) is 10.0. The molecule has 0 saturated carbocycles. The maximum atomic E-state index is 12.0. The lowest BCUT2D eigenvalue weighted by Gasteiger charge is -2.11. The molecule has 3 aromatic rings. The van der Waals surface area contributed by atoms with Crippen LogP contribution in [0.2, 0.25) is 0 Å². The molecule has 0 bridgehead atoms. The van der Waals surface area contributed by atoms with Crippen molar-refractivity contribution in [3.8, 4) is 22.5 Å². The highest BCUT2D eigenvalue weighted by Gasteiger charge is 2.38. The molecule has 4 rings (SSSR count). The second-order valence-electron chi connectivity index (χ2n) is 6.95. The number of aliphatic carboxylic acids is 1. The molecule has 0 spiro atoms. The second-order valence-corrected chi connectivity index (χ2v) is 7.81. The SMILES string of the molecule is CSCc1cccc(-c2cc(-c3cc4c([nH]3)CCNC4=O)ccn2)c1.O=C(O)C(F)(F)F. The van der Waals surface area contributed by atoms with E-state index in [0.29, 0.717) is 6.54 Å². The third-order valence-corrected chi connectivity index (χ3v) is 5.27. The monoisotopic (exact) mass is 463 g/mol. The summed E-state index contributed by atoms with van der Waals surface area (Å²) in [6, 6.07) is 14.5. The van der Waals surface area contributed by atoms with Gasteiger partial charge in [-0.25, -0.2) is 4.79 Å². The number of nitrogens with one attached hydrogen (secondary N) is 2. The van der Waals surface area contributed by atoms with Crippen LogP contribution in [0.15, 0.2) is 48.7 Å². The van der Waals surface area contributed by atoms with Gasteiger partial charge in [0.15, 0.2) is 0 Å². The summed E-state index contributed by atoms with van der Waals surface area (Å²) in [6.45, 7) is 0.690. The third-order valence-electron chi connectivity index (χ3n) is 4.65. The Balaban J connectivity index is 0.000000360. The van der Waals surface area contributed by atoms with Crippen molar-refractivity contribution in [3.05, 3.63) is 65.5 Å². The summed E-state index contributed by atoms with van der Waals surface area (Å²) in [5.41, 5.74) is 7.12. The molecule has 168 valence electrons. The number of carbonyl (C=O) groups excluding carboxylic acids is 1. The number of aromatic amines is 1. The van der Waals surface area contributed by atoms with Gasteiger partial charge < -0.3 is 15.4 Å². The molecular weight excluding hydrogens is 443 g/mol. The molecule has 6 nitrogen and oxygen atoms in total. The zero-order chi connectivity index (χ0) is 23.3. The van der Waals surface area contributed by atoms with Crippen molar-refractivity contribution < 1.29 is 27.9 Å². The summed E-state index contributed by atoms with van der Waals surface area (Å²) in [5.74, 6) is -1.76. The predicted octanol–water partition coefficient (Wildman–Crippen LogP) is 4.53. The van der Waals surface area contributed by atoms with E-state index in [1.807, 2.05) is 30.1 Å². The first-order valence-electron chi connectivity index (χ1n) is 9.54. The molecule has 1 aliphatic heterocycles. The fraction of sp³-hybridized carbons (Fsp3) is 0.227. The first-order valence-corrected chi connectivity index (χ1v) is 10.9. The molecule has 1 aliphatic rings. The van der Waals surface area contributed by atoms with Crippen LogP contribution in [0.1, 0.15) is 21.6 Å². The van der Waals surface area contributed by atoms with Crippen LogP contribution >= 0.6 is 11.8 Å². The zero-order valence-corrected chi connectivity index (χ0v) is 17.8. The van der Waals surface area contributed by atoms with Gasteiger partial charge in [-0.3, -0.25) is 9.78 Å². The van der Waals surface area contributed by atoms with Crippen LogP contribution in [-0.4, -0.2) is 45.9 Å². The molecular formula is C22H20F3N3O3S. The van der Waals surface area contributed by atoms with Gasteiger partial charge in [-0.1, -0.05) is 18.2 Å². The number of carboxylic acid groups (broad SMARTS) is 1. The number of hydrogen-bond donors (Lipinski definition) is 3. The van der Waals surface area contributed by atoms with Crippen molar-refractivity contribution in [2.45, 2.75) is 18.3 Å². The predicted molar refractivity (Wildman–Crippen MR) is 116 cm³/mol. The Morgan fingerprint density at radius 3 is 2.59 bits per heavy atom. The van der Waals surface area contributed by atoms with E-state index in [0.717, 1.165) is 45.9 Å². The second kappa shape index (κ2) is 9.90.